The highest BCUT2D eigenvalue weighted by Crippen LogP contribution is 2.28. The maximum absolute atomic E-state index is 13.7. The fourth-order valence-corrected chi connectivity index (χ4v) is 4.42. The van der Waals surface area contributed by atoms with Crippen molar-refractivity contribution in [2.24, 2.45) is 0 Å². The minimum absolute atomic E-state index is 0.117. The van der Waals surface area contributed by atoms with Crippen molar-refractivity contribution >= 4 is 17.5 Å². The summed E-state index contributed by atoms with van der Waals surface area (Å²) in [5.74, 6) is -0.918. The fraction of sp³-hybridized carbons (Fsp3) is 0.370. The molecular weight excluding hydrogens is 447 g/mol. The van der Waals surface area contributed by atoms with Crippen molar-refractivity contribution in [3.05, 3.63) is 76.4 Å². The van der Waals surface area contributed by atoms with Crippen LogP contribution in [-0.2, 0) is 22.4 Å². The van der Waals surface area contributed by atoms with Crippen molar-refractivity contribution in [2.75, 3.05) is 32.1 Å². The number of aryl methyl sites for hydroxylation is 1. The minimum Gasteiger partial charge on any atom is -0.383 e. The molecule has 2 aromatic carbocycles. The summed E-state index contributed by atoms with van der Waals surface area (Å²) in [5.41, 5.74) is 5.72. The summed E-state index contributed by atoms with van der Waals surface area (Å²) in [5, 5.41) is 7.60. The van der Waals surface area contributed by atoms with Gasteiger partial charge in [0.1, 0.15) is 12.4 Å². The van der Waals surface area contributed by atoms with Gasteiger partial charge >= 0.3 is 0 Å². The van der Waals surface area contributed by atoms with Gasteiger partial charge in [-0.25, -0.2) is 9.07 Å². The van der Waals surface area contributed by atoms with E-state index in [1.807, 2.05) is 32.0 Å². The molecule has 1 heterocycles. The number of hydrogen-bond donors (Lipinski definition) is 1. The third kappa shape index (κ3) is 5.43. The molecule has 1 aliphatic carbocycles. The van der Waals surface area contributed by atoms with E-state index >= 15 is 0 Å². The molecule has 0 atom stereocenters. The first kappa shape index (κ1) is 24.6. The zero-order valence-electron chi connectivity index (χ0n) is 20.4. The lowest BCUT2D eigenvalue weighted by Crippen LogP contribution is -2.40. The van der Waals surface area contributed by atoms with Crippen LogP contribution in [0, 0.1) is 19.7 Å². The highest BCUT2D eigenvalue weighted by Gasteiger charge is 2.29. The van der Waals surface area contributed by atoms with Crippen molar-refractivity contribution in [1.82, 2.24) is 14.7 Å². The van der Waals surface area contributed by atoms with Crippen LogP contribution in [0.4, 0.5) is 10.1 Å². The van der Waals surface area contributed by atoms with Gasteiger partial charge in [-0.05, 0) is 81.0 Å². The average Bonchev–Trinajstić information content (AvgIpc) is 3.24. The molecule has 7 nitrogen and oxygen atoms in total. The summed E-state index contributed by atoms with van der Waals surface area (Å²) in [7, 11) is 1.56. The smallest absolute Gasteiger partial charge is 0.275 e. The van der Waals surface area contributed by atoms with Crippen molar-refractivity contribution in [2.45, 2.75) is 39.5 Å². The summed E-state index contributed by atoms with van der Waals surface area (Å²) < 4.78 is 20.4. The predicted octanol–water partition coefficient (Wildman–Crippen LogP) is 4.23. The lowest BCUT2D eigenvalue weighted by molar-refractivity contribution is -0.117. The van der Waals surface area contributed by atoms with Crippen LogP contribution in [0.3, 0.4) is 0 Å². The summed E-state index contributed by atoms with van der Waals surface area (Å²) in [6, 6.07) is 11.8. The van der Waals surface area contributed by atoms with Crippen LogP contribution in [0.15, 0.2) is 42.5 Å². The number of nitrogens with one attached hydrogen (secondary N) is 1. The molecule has 0 unspecified atom stereocenters. The Morgan fingerprint density at radius 2 is 1.86 bits per heavy atom. The summed E-state index contributed by atoms with van der Waals surface area (Å²) >= 11 is 0. The Bertz CT molecular complexity index is 1220. The van der Waals surface area contributed by atoms with Gasteiger partial charge in [-0.3, -0.25) is 9.59 Å². The Balaban J connectivity index is 1.61. The van der Waals surface area contributed by atoms with E-state index < -0.39 is 0 Å². The molecule has 3 aromatic rings. The third-order valence-corrected chi connectivity index (χ3v) is 6.52. The van der Waals surface area contributed by atoms with Crippen LogP contribution >= 0.6 is 0 Å². The van der Waals surface area contributed by atoms with Gasteiger partial charge in [-0.2, -0.15) is 5.10 Å². The second-order valence-corrected chi connectivity index (χ2v) is 8.88. The molecule has 0 bridgehead atoms. The quantitative estimate of drug-likeness (QED) is 0.526. The fourth-order valence-electron chi connectivity index (χ4n) is 4.42. The van der Waals surface area contributed by atoms with E-state index in [-0.39, 0.29) is 30.7 Å². The van der Waals surface area contributed by atoms with Gasteiger partial charge in [0, 0.05) is 30.6 Å². The zero-order valence-corrected chi connectivity index (χ0v) is 20.4. The molecule has 1 N–H and O–H groups in total. The maximum atomic E-state index is 13.7. The zero-order chi connectivity index (χ0) is 24.9. The number of hydrogen-bond acceptors (Lipinski definition) is 4. The van der Waals surface area contributed by atoms with Gasteiger partial charge in [0.25, 0.3) is 5.91 Å². The van der Waals surface area contributed by atoms with Crippen LogP contribution < -0.4 is 5.32 Å². The van der Waals surface area contributed by atoms with Gasteiger partial charge in [0.15, 0.2) is 5.69 Å². The van der Waals surface area contributed by atoms with E-state index in [0.29, 0.717) is 18.0 Å². The molecular formula is C27H31FN4O3. The van der Waals surface area contributed by atoms with Gasteiger partial charge < -0.3 is 15.0 Å². The number of rotatable bonds is 8. The van der Waals surface area contributed by atoms with Gasteiger partial charge in [-0.15, -0.1) is 0 Å². The Morgan fingerprint density at radius 1 is 1.11 bits per heavy atom. The van der Waals surface area contributed by atoms with E-state index in [1.54, 1.807) is 23.9 Å². The maximum Gasteiger partial charge on any atom is 0.275 e. The Kier molecular flexibility index (Phi) is 7.60. The monoisotopic (exact) mass is 478 g/mol. The van der Waals surface area contributed by atoms with E-state index in [2.05, 4.69) is 10.4 Å². The number of carbonyl (C=O) groups is 2. The molecule has 0 fully saturated rings. The summed E-state index contributed by atoms with van der Waals surface area (Å²) in [6.07, 6.45) is 3.50. The summed E-state index contributed by atoms with van der Waals surface area (Å²) in [4.78, 5) is 28.1. The molecule has 4 rings (SSSR count). The molecule has 0 spiro atoms. The first-order chi connectivity index (χ1) is 16.9. The molecule has 35 heavy (non-hydrogen) atoms. The Morgan fingerprint density at radius 3 is 2.60 bits per heavy atom. The number of halogens is 1. The number of aromatic nitrogens is 2. The largest absolute Gasteiger partial charge is 0.383 e. The van der Waals surface area contributed by atoms with Crippen molar-refractivity contribution in [1.29, 1.82) is 0 Å². The number of fused-ring (bicyclic) bond motifs is 1. The normalized spacial score (nSPS) is 12.8. The minimum atomic E-state index is -0.327. The Labute approximate surface area is 204 Å². The van der Waals surface area contributed by atoms with E-state index in [9.17, 15) is 14.0 Å². The number of anilines is 1. The SMILES string of the molecule is COCCN(CC(=O)Nc1cccc(C)c1C)C(=O)c1nn(-c2ccc(F)cc2)c2c1CCCC2. The van der Waals surface area contributed by atoms with Crippen LogP contribution in [0.1, 0.15) is 45.7 Å². The number of nitrogens with zero attached hydrogens (tertiary/aromatic N) is 3. The van der Waals surface area contributed by atoms with Crippen molar-refractivity contribution in [3.8, 4) is 5.69 Å². The van der Waals surface area contributed by atoms with E-state index in [1.165, 1.54) is 17.0 Å². The van der Waals surface area contributed by atoms with Gasteiger partial charge in [-0.1, -0.05) is 12.1 Å². The molecule has 0 saturated heterocycles. The molecule has 0 aliphatic heterocycles. The van der Waals surface area contributed by atoms with Crippen molar-refractivity contribution < 1.29 is 18.7 Å². The standard InChI is InChI=1S/C27H31FN4O3/c1-18-7-6-9-23(19(18)2)29-25(33)17-31(15-16-35-3)27(34)26-22-8-4-5-10-24(22)32(30-26)21-13-11-20(28)12-14-21/h6-7,9,11-14H,4-5,8,10,15-17H2,1-3H3,(H,29,33). The third-order valence-electron chi connectivity index (χ3n) is 6.52. The number of benzene rings is 2. The van der Waals surface area contributed by atoms with Crippen LogP contribution in [-0.4, -0.2) is 53.3 Å². The molecule has 0 saturated carbocycles. The highest BCUT2D eigenvalue weighted by atomic mass is 19.1. The molecule has 184 valence electrons. The number of amides is 2. The Hall–Kier alpha value is -3.52. The second-order valence-electron chi connectivity index (χ2n) is 8.88. The van der Waals surface area contributed by atoms with Crippen LogP contribution in [0.2, 0.25) is 0 Å². The second kappa shape index (κ2) is 10.8. The lowest BCUT2D eigenvalue weighted by Gasteiger charge is -2.22. The van der Waals surface area contributed by atoms with Crippen LogP contribution in [0.25, 0.3) is 5.69 Å². The molecule has 1 aromatic heterocycles. The first-order valence-electron chi connectivity index (χ1n) is 11.9. The van der Waals surface area contributed by atoms with Crippen molar-refractivity contribution in [3.63, 3.8) is 0 Å². The topological polar surface area (TPSA) is 76.5 Å². The molecule has 8 heteroatoms. The average molecular weight is 479 g/mol. The van der Waals surface area contributed by atoms with Gasteiger partial charge in [0.2, 0.25) is 5.91 Å². The molecule has 1 aliphatic rings. The first-order valence-corrected chi connectivity index (χ1v) is 11.9. The number of ether oxygens (including phenoxy) is 1. The van der Waals surface area contributed by atoms with E-state index in [0.717, 1.165) is 53.8 Å². The number of methoxy groups -OCH3 is 1. The highest BCUT2D eigenvalue weighted by molar-refractivity contribution is 5.99. The number of carbonyl (C=O) groups excluding carboxylic acids is 2. The van der Waals surface area contributed by atoms with Gasteiger partial charge in [0.05, 0.1) is 12.3 Å². The van der Waals surface area contributed by atoms with Crippen LogP contribution in [0.5, 0.6) is 0 Å². The summed E-state index contributed by atoms with van der Waals surface area (Å²) in [6.45, 7) is 4.37. The molecule has 0 radical (unpaired) electrons. The molecule has 2 amide bonds. The van der Waals surface area contributed by atoms with E-state index in [4.69, 9.17) is 4.74 Å². The predicted molar refractivity (Wildman–Crippen MR) is 132 cm³/mol. The lowest BCUT2D eigenvalue weighted by atomic mass is 9.95.